The number of nitro benzene ring substituents is 1. The van der Waals surface area contributed by atoms with Crippen molar-refractivity contribution in [1.82, 2.24) is 0 Å². The van der Waals surface area contributed by atoms with Crippen molar-refractivity contribution >= 4 is 5.69 Å². The van der Waals surface area contributed by atoms with Gasteiger partial charge in [-0.3, -0.25) is 10.1 Å². The van der Waals surface area contributed by atoms with E-state index in [0.29, 0.717) is 0 Å². The first-order chi connectivity index (χ1) is 30.9. The van der Waals surface area contributed by atoms with Crippen LogP contribution in [-0.4, -0.2) is 273 Å². The van der Waals surface area contributed by atoms with Gasteiger partial charge in [-0.05, 0) is 12.1 Å². The van der Waals surface area contributed by atoms with Crippen LogP contribution in [0, 0.1) is 10.1 Å². The molecule has 25 atom stereocenters. The van der Waals surface area contributed by atoms with Crippen LogP contribution in [0.4, 0.5) is 5.69 Å². The summed E-state index contributed by atoms with van der Waals surface area (Å²) >= 11 is 0. The Hall–Kier alpha value is -2.58. The van der Waals surface area contributed by atoms with Crippen LogP contribution in [0.2, 0.25) is 0 Å². The van der Waals surface area contributed by atoms with Crippen LogP contribution < -0.4 is 4.74 Å². The average molecular weight is 950 g/mol. The monoisotopic (exact) mass is 949 g/mol. The molecule has 29 heteroatoms. The van der Waals surface area contributed by atoms with E-state index in [1.807, 2.05) is 0 Å². The number of nitro groups is 1. The molecule has 29 nitrogen and oxygen atoms in total. The van der Waals surface area contributed by atoms with E-state index in [-0.39, 0.29) is 11.4 Å². The van der Waals surface area contributed by atoms with Crippen LogP contribution in [-0.2, 0) is 42.6 Å². The molecule has 5 aliphatic heterocycles. The molecule has 5 aliphatic rings. The number of hydrogen-bond acceptors (Lipinski definition) is 28. The van der Waals surface area contributed by atoms with Crippen molar-refractivity contribution in [3.63, 3.8) is 0 Å². The van der Waals surface area contributed by atoms with Crippen molar-refractivity contribution in [1.29, 1.82) is 0 Å². The Labute approximate surface area is 366 Å². The van der Waals surface area contributed by atoms with E-state index in [1.54, 1.807) is 0 Å². The number of rotatable bonds is 16. The minimum atomic E-state index is -2.15. The summed E-state index contributed by atoms with van der Waals surface area (Å²) in [7, 11) is 0. The molecule has 0 aromatic heterocycles. The average Bonchev–Trinajstić information content (AvgIpc) is 3.30. The van der Waals surface area contributed by atoms with Gasteiger partial charge in [0.05, 0.1) is 38.0 Å². The van der Waals surface area contributed by atoms with Crippen LogP contribution in [0.3, 0.4) is 0 Å². The van der Waals surface area contributed by atoms with E-state index < -0.39 is 191 Å². The molecule has 372 valence electrons. The third-order valence-corrected chi connectivity index (χ3v) is 11.6. The summed E-state index contributed by atoms with van der Waals surface area (Å²) in [6.45, 7) is -4.63. The number of non-ortho nitro benzene ring substituents is 1. The molecule has 0 unspecified atom stereocenters. The Morgan fingerprint density at radius 2 is 0.677 bits per heavy atom. The Balaban J connectivity index is 1.07. The van der Waals surface area contributed by atoms with Gasteiger partial charge in [-0.2, -0.15) is 0 Å². The van der Waals surface area contributed by atoms with Gasteiger partial charge in [0.1, 0.15) is 128 Å². The molecule has 0 spiro atoms. The van der Waals surface area contributed by atoms with Crippen molar-refractivity contribution < 1.29 is 134 Å². The van der Waals surface area contributed by atoms with E-state index in [1.165, 1.54) is 12.1 Å². The molecule has 5 heterocycles. The number of nitrogens with zero attached hydrogens (tertiary/aromatic N) is 1. The number of benzene rings is 1. The van der Waals surface area contributed by atoms with Gasteiger partial charge in [0.25, 0.3) is 5.69 Å². The van der Waals surface area contributed by atoms with Gasteiger partial charge in [-0.1, -0.05) is 0 Å². The second-order valence-corrected chi connectivity index (χ2v) is 15.8. The number of hydrogen-bond donors (Lipinski definition) is 16. The maximum Gasteiger partial charge on any atom is 0.269 e. The standard InChI is InChI=1S/C36H55NO28/c38-5-12-17(43)18(44)23(49)33(57-12)62-29-14(7-40)59-35(25(51)20(29)46)64-31-16(9-42)61-36(27(53)22(31)48)65-30-15(8-41)60-34(26(52)21(30)47)63-28-13(6-39)58-32(24(50)19(28)45)56-11-3-1-10(2-4-11)37(54)55/h1-4,12-36,38-53H,5-9H2/t12-,13+,14-,15-,16-,17+,18-,19+,20-,21-,22-,23+,24+,25+,26+,27+,28+,29-,30-,31-,32+,33+,34+,35+,36+/m1/s1. The highest BCUT2D eigenvalue weighted by molar-refractivity contribution is 5.36. The van der Waals surface area contributed by atoms with E-state index in [4.69, 9.17) is 47.4 Å². The maximum atomic E-state index is 11.2. The zero-order valence-electron chi connectivity index (χ0n) is 33.8. The molecule has 0 bridgehead atoms. The van der Waals surface area contributed by atoms with E-state index >= 15 is 0 Å². The third kappa shape index (κ3) is 10.8. The fourth-order valence-electron chi connectivity index (χ4n) is 7.90. The largest absolute Gasteiger partial charge is 0.462 e. The molecule has 5 fully saturated rings. The molecule has 1 aromatic carbocycles. The fraction of sp³-hybridized carbons (Fsp3) is 0.833. The predicted octanol–water partition coefficient (Wildman–Crippen LogP) is -9.93. The first-order valence-electron chi connectivity index (χ1n) is 20.2. The summed E-state index contributed by atoms with van der Waals surface area (Å²) in [6, 6.07) is 4.59. The molecule has 0 radical (unpaired) electrons. The first kappa shape index (κ1) is 51.8. The second-order valence-electron chi connectivity index (χ2n) is 15.8. The molecule has 0 saturated carbocycles. The minimum Gasteiger partial charge on any atom is -0.462 e. The fourth-order valence-corrected chi connectivity index (χ4v) is 7.90. The van der Waals surface area contributed by atoms with Crippen molar-refractivity contribution in [3.8, 4) is 5.75 Å². The quantitative estimate of drug-likeness (QED) is 0.0540. The molecule has 0 aliphatic carbocycles. The highest BCUT2D eigenvalue weighted by Crippen LogP contribution is 2.36. The zero-order valence-corrected chi connectivity index (χ0v) is 33.8. The van der Waals surface area contributed by atoms with E-state index in [2.05, 4.69) is 0 Å². The smallest absolute Gasteiger partial charge is 0.269 e. The predicted molar refractivity (Wildman–Crippen MR) is 198 cm³/mol. The molecule has 16 N–H and O–H groups in total. The molecule has 5 saturated heterocycles. The summed E-state index contributed by atoms with van der Waals surface area (Å²) < 4.78 is 55.6. The van der Waals surface area contributed by atoms with Crippen LogP contribution in [0.1, 0.15) is 0 Å². The van der Waals surface area contributed by atoms with Crippen LogP contribution in [0.15, 0.2) is 24.3 Å². The Morgan fingerprint density at radius 1 is 0.400 bits per heavy atom. The maximum absolute atomic E-state index is 11.2. The number of aliphatic hydroxyl groups is 16. The minimum absolute atomic E-state index is 0.0196. The van der Waals surface area contributed by atoms with E-state index in [9.17, 15) is 91.8 Å². The lowest BCUT2D eigenvalue weighted by Crippen LogP contribution is -2.68. The van der Waals surface area contributed by atoms with E-state index in [0.717, 1.165) is 12.1 Å². The summed E-state index contributed by atoms with van der Waals surface area (Å²) in [6.07, 6.45) is -46.2. The summed E-state index contributed by atoms with van der Waals surface area (Å²) in [4.78, 5) is 10.3. The second kappa shape index (κ2) is 22.2. The summed E-state index contributed by atoms with van der Waals surface area (Å²) in [5.74, 6) is -0.0196. The highest BCUT2D eigenvalue weighted by atomic mass is 16.8. The SMILES string of the molecule is O=[N+]([O-])c1ccc(O[C@H]2O[C@@H](CO)[C@H](O[C@@H]3O[C@H](CO)[C@@H](O[C@@H]4O[C@H](CO)[C@@H](O[C@@H]5O[C@H](CO)[C@@H](O[C@@H]6O[C@H](CO)[C@H](O)[C@@H](O)[C@@H]6O)[C@H](O)[C@@H]5O)[C@H](O)[C@@H]4O)[C@H](O)[C@@H]3O)[C@@H](O)[C@@H]2O)cc1. The van der Waals surface area contributed by atoms with Gasteiger partial charge in [0.15, 0.2) is 25.2 Å². The lowest BCUT2D eigenvalue weighted by Gasteiger charge is -2.49. The molecule has 6 rings (SSSR count). The van der Waals surface area contributed by atoms with Gasteiger partial charge in [-0.15, -0.1) is 0 Å². The Bertz CT molecular complexity index is 1640. The zero-order chi connectivity index (χ0) is 47.6. The summed E-state index contributed by atoms with van der Waals surface area (Å²) in [5.41, 5.74) is -0.267. The van der Waals surface area contributed by atoms with Crippen LogP contribution in [0.5, 0.6) is 5.75 Å². The first-order valence-corrected chi connectivity index (χ1v) is 20.2. The van der Waals surface area contributed by atoms with Gasteiger partial charge < -0.3 is 129 Å². The molecular formula is C36H55NO28. The Kier molecular flexibility index (Phi) is 17.7. The van der Waals surface area contributed by atoms with Crippen LogP contribution >= 0.6 is 0 Å². The molecular weight excluding hydrogens is 894 g/mol. The van der Waals surface area contributed by atoms with Crippen LogP contribution in [0.25, 0.3) is 0 Å². The topological polar surface area (TPSA) is 459 Å². The number of aliphatic hydroxyl groups excluding tert-OH is 16. The normalized spacial score (nSPS) is 47.3. The third-order valence-electron chi connectivity index (χ3n) is 11.6. The molecule has 1 aromatic rings. The van der Waals surface area contributed by atoms with Crippen molar-refractivity contribution in [3.05, 3.63) is 34.4 Å². The lowest BCUT2D eigenvalue weighted by atomic mass is 9.95. The summed E-state index contributed by atoms with van der Waals surface area (Å²) in [5, 5.41) is 180. The molecule has 65 heavy (non-hydrogen) atoms. The van der Waals surface area contributed by atoms with Gasteiger partial charge in [-0.25, -0.2) is 0 Å². The molecule has 0 amide bonds. The van der Waals surface area contributed by atoms with Gasteiger partial charge >= 0.3 is 0 Å². The lowest BCUT2D eigenvalue weighted by molar-refractivity contribution is -0.392. The van der Waals surface area contributed by atoms with Gasteiger partial charge in [0.2, 0.25) is 6.29 Å². The number of ether oxygens (including phenoxy) is 10. The Morgan fingerprint density at radius 3 is 0.985 bits per heavy atom. The van der Waals surface area contributed by atoms with Crippen molar-refractivity contribution in [2.75, 3.05) is 33.0 Å². The van der Waals surface area contributed by atoms with Gasteiger partial charge in [0, 0.05) is 12.1 Å². The highest BCUT2D eigenvalue weighted by Gasteiger charge is 2.56. The van der Waals surface area contributed by atoms with Crippen molar-refractivity contribution in [2.45, 2.75) is 154 Å². The van der Waals surface area contributed by atoms with Crippen molar-refractivity contribution in [2.24, 2.45) is 0 Å².